The van der Waals surface area contributed by atoms with E-state index in [1.54, 1.807) is 0 Å². The van der Waals surface area contributed by atoms with Crippen molar-refractivity contribution in [3.05, 3.63) is 89.5 Å². The molecule has 0 saturated heterocycles. The van der Waals surface area contributed by atoms with Gasteiger partial charge in [0.15, 0.2) is 5.82 Å². The van der Waals surface area contributed by atoms with Crippen LogP contribution in [0.15, 0.2) is 72.8 Å². The van der Waals surface area contributed by atoms with Crippen molar-refractivity contribution in [1.29, 1.82) is 0 Å². The molecule has 150 valence electrons. The Kier molecular flexibility index (Phi) is 4.72. The standard InChI is InChI=1S/C26H26N4/c1-29(2)26-13-12-25(27-28-26)21-10-11-23-22(15-21)16-30(3)17-24(23)20-9-8-18-6-4-5-7-19(18)14-20/h4-15,24H,16-17H2,1-3H3. The van der Waals surface area contributed by atoms with E-state index in [2.05, 4.69) is 88.9 Å². The Morgan fingerprint density at radius 2 is 1.70 bits per heavy atom. The third kappa shape index (κ3) is 3.44. The monoisotopic (exact) mass is 394 g/mol. The van der Waals surface area contributed by atoms with Crippen LogP contribution in [0.2, 0.25) is 0 Å². The lowest BCUT2D eigenvalue weighted by atomic mass is 9.83. The second-order valence-corrected chi connectivity index (χ2v) is 8.44. The summed E-state index contributed by atoms with van der Waals surface area (Å²) in [7, 11) is 6.16. The molecule has 2 heterocycles. The predicted octanol–water partition coefficient (Wildman–Crippen LogP) is 4.94. The van der Waals surface area contributed by atoms with E-state index in [0.29, 0.717) is 5.92 Å². The number of fused-ring (bicyclic) bond motifs is 2. The highest BCUT2D eigenvalue weighted by molar-refractivity contribution is 5.83. The van der Waals surface area contributed by atoms with Crippen molar-refractivity contribution < 1.29 is 0 Å². The normalized spacial score (nSPS) is 16.4. The minimum Gasteiger partial charge on any atom is -0.361 e. The molecule has 0 N–H and O–H groups in total. The molecule has 5 rings (SSSR count). The van der Waals surface area contributed by atoms with Gasteiger partial charge in [0.05, 0.1) is 5.69 Å². The van der Waals surface area contributed by atoms with E-state index in [9.17, 15) is 0 Å². The van der Waals surface area contributed by atoms with Crippen LogP contribution in [0, 0.1) is 0 Å². The summed E-state index contributed by atoms with van der Waals surface area (Å²) in [5, 5.41) is 11.4. The summed E-state index contributed by atoms with van der Waals surface area (Å²) in [4.78, 5) is 4.37. The Morgan fingerprint density at radius 3 is 2.47 bits per heavy atom. The first-order valence-corrected chi connectivity index (χ1v) is 10.4. The van der Waals surface area contributed by atoms with Crippen molar-refractivity contribution >= 4 is 16.6 Å². The Balaban J connectivity index is 1.53. The summed E-state index contributed by atoms with van der Waals surface area (Å²) in [6, 6.07) is 26.3. The summed E-state index contributed by atoms with van der Waals surface area (Å²) in [6.45, 7) is 1.98. The van der Waals surface area contributed by atoms with Gasteiger partial charge in [0.25, 0.3) is 0 Å². The van der Waals surface area contributed by atoms with E-state index in [4.69, 9.17) is 0 Å². The maximum atomic E-state index is 4.44. The van der Waals surface area contributed by atoms with Crippen LogP contribution in [-0.4, -0.2) is 42.8 Å². The van der Waals surface area contributed by atoms with Crippen LogP contribution < -0.4 is 4.90 Å². The Labute approximate surface area is 177 Å². The molecular formula is C26H26N4. The molecule has 4 heteroatoms. The first-order valence-electron chi connectivity index (χ1n) is 10.4. The first-order chi connectivity index (χ1) is 14.6. The maximum absolute atomic E-state index is 4.44. The van der Waals surface area contributed by atoms with Gasteiger partial charge in [0, 0.05) is 38.7 Å². The number of nitrogens with zero attached hydrogens (tertiary/aromatic N) is 4. The molecule has 0 saturated carbocycles. The molecule has 0 aliphatic carbocycles. The van der Waals surface area contributed by atoms with Gasteiger partial charge in [-0.2, -0.15) is 0 Å². The average molecular weight is 395 g/mol. The zero-order valence-electron chi connectivity index (χ0n) is 17.7. The van der Waals surface area contributed by atoms with Crippen LogP contribution in [0.25, 0.3) is 22.0 Å². The zero-order valence-corrected chi connectivity index (χ0v) is 17.7. The number of hydrogen-bond acceptors (Lipinski definition) is 4. The summed E-state index contributed by atoms with van der Waals surface area (Å²) in [5.41, 5.74) is 6.21. The highest BCUT2D eigenvalue weighted by Gasteiger charge is 2.25. The zero-order chi connectivity index (χ0) is 20.7. The van der Waals surface area contributed by atoms with E-state index >= 15 is 0 Å². The summed E-state index contributed by atoms with van der Waals surface area (Å²) in [6.07, 6.45) is 0. The summed E-state index contributed by atoms with van der Waals surface area (Å²) in [5.74, 6) is 1.24. The van der Waals surface area contributed by atoms with Gasteiger partial charge in [-0.25, -0.2) is 0 Å². The molecule has 0 spiro atoms. The number of aromatic nitrogens is 2. The lowest BCUT2D eigenvalue weighted by molar-refractivity contribution is 0.295. The highest BCUT2D eigenvalue weighted by atomic mass is 15.2. The van der Waals surface area contributed by atoms with E-state index in [1.165, 1.54) is 27.5 Å². The van der Waals surface area contributed by atoms with Crippen molar-refractivity contribution in [2.75, 3.05) is 32.6 Å². The van der Waals surface area contributed by atoms with E-state index in [-0.39, 0.29) is 0 Å². The van der Waals surface area contributed by atoms with Gasteiger partial charge in [0.1, 0.15) is 0 Å². The molecule has 1 aliphatic heterocycles. The number of anilines is 1. The Hall–Kier alpha value is -3.24. The van der Waals surface area contributed by atoms with Gasteiger partial charge in [-0.1, -0.05) is 54.6 Å². The van der Waals surface area contributed by atoms with Crippen LogP contribution in [0.3, 0.4) is 0 Å². The van der Waals surface area contributed by atoms with Crippen LogP contribution in [0.5, 0.6) is 0 Å². The van der Waals surface area contributed by atoms with Crippen molar-refractivity contribution in [3.63, 3.8) is 0 Å². The van der Waals surface area contributed by atoms with Crippen molar-refractivity contribution in [3.8, 4) is 11.3 Å². The molecule has 1 atom stereocenters. The van der Waals surface area contributed by atoms with E-state index in [0.717, 1.165) is 30.2 Å². The molecule has 1 aliphatic rings. The van der Waals surface area contributed by atoms with Gasteiger partial charge < -0.3 is 9.80 Å². The topological polar surface area (TPSA) is 32.3 Å². The highest BCUT2D eigenvalue weighted by Crippen LogP contribution is 2.36. The van der Waals surface area contributed by atoms with Crippen LogP contribution in [-0.2, 0) is 6.54 Å². The lowest BCUT2D eigenvalue weighted by Gasteiger charge is -2.33. The molecule has 0 bridgehead atoms. The molecule has 4 nitrogen and oxygen atoms in total. The van der Waals surface area contributed by atoms with Gasteiger partial charge in [-0.3, -0.25) is 0 Å². The number of benzene rings is 3. The van der Waals surface area contributed by atoms with Gasteiger partial charge in [0.2, 0.25) is 0 Å². The Morgan fingerprint density at radius 1 is 0.867 bits per heavy atom. The fraction of sp³-hybridized carbons (Fsp3) is 0.231. The van der Waals surface area contributed by atoms with Crippen LogP contribution >= 0.6 is 0 Å². The smallest absolute Gasteiger partial charge is 0.150 e. The number of likely N-dealkylation sites (N-methyl/N-ethyl adjacent to an activating group) is 1. The molecule has 30 heavy (non-hydrogen) atoms. The maximum Gasteiger partial charge on any atom is 0.150 e. The van der Waals surface area contributed by atoms with Crippen molar-refractivity contribution in [1.82, 2.24) is 15.1 Å². The third-order valence-corrected chi connectivity index (χ3v) is 6.03. The molecular weight excluding hydrogens is 368 g/mol. The van der Waals surface area contributed by atoms with Crippen LogP contribution in [0.1, 0.15) is 22.6 Å². The Bertz CT molecular complexity index is 1200. The molecule has 4 aromatic rings. The predicted molar refractivity (Wildman–Crippen MR) is 124 cm³/mol. The number of hydrogen-bond donors (Lipinski definition) is 0. The third-order valence-electron chi connectivity index (χ3n) is 6.03. The van der Waals surface area contributed by atoms with Gasteiger partial charge >= 0.3 is 0 Å². The first kappa shape index (κ1) is 18.8. The van der Waals surface area contributed by atoms with Gasteiger partial charge in [-0.05, 0) is 52.7 Å². The second kappa shape index (κ2) is 7.54. The van der Waals surface area contributed by atoms with Crippen molar-refractivity contribution in [2.45, 2.75) is 12.5 Å². The summed E-state index contributed by atoms with van der Waals surface area (Å²) < 4.78 is 0. The minimum atomic E-state index is 0.375. The molecule has 0 amide bonds. The van der Waals surface area contributed by atoms with E-state index < -0.39 is 0 Å². The van der Waals surface area contributed by atoms with Crippen molar-refractivity contribution in [2.24, 2.45) is 0 Å². The number of rotatable bonds is 3. The minimum absolute atomic E-state index is 0.375. The van der Waals surface area contributed by atoms with E-state index in [1.807, 2.05) is 25.1 Å². The molecule has 1 aromatic heterocycles. The molecule has 1 unspecified atom stereocenters. The molecule has 0 radical (unpaired) electrons. The van der Waals surface area contributed by atoms with Gasteiger partial charge in [-0.15, -0.1) is 10.2 Å². The molecule has 0 fully saturated rings. The lowest BCUT2D eigenvalue weighted by Crippen LogP contribution is -2.31. The average Bonchev–Trinajstić information content (AvgIpc) is 2.77. The SMILES string of the molecule is CN1Cc2cc(-c3ccc(N(C)C)nn3)ccc2C(c2ccc3ccccc3c2)C1. The largest absolute Gasteiger partial charge is 0.361 e. The summed E-state index contributed by atoms with van der Waals surface area (Å²) >= 11 is 0. The fourth-order valence-corrected chi connectivity index (χ4v) is 4.43. The fourth-order valence-electron chi connectivity index (χ4n) is 4.43. The van der Waals surface area contributed by atoms with Crippen LogP contribution in [0.4, 0.5) is 5.82 Å². The molecule has 3 aromatic carbocycles. The second-order valence-electron chi connectivity index (χ2n) is 8.44. The quantitative estimate of drug-likeness (QED) is 0.493.